The lowest BCUT2D eigenvalue weighted by atomic mass is 10.1. The van der Waals surface area contributed by atoms with Crippen LogP contribution in [0, 0.1) is 11.6 Å². The van der Waals surface area contributed by atoms with Crippen LogP contribution in [0.5, 0.6) is 0 Å². The largest absolute Gasteiger partial charge is 0.383 e. The third-order valence-electron chi connectivity index (χ3n) is 5.88. The number of nitrogens with one attached hydrogen (secondary N) is 1. The normalized spacial score (nSPS) is 15.3. The van der Waals surface area contributed by atoms with Gasteiger partial charge in [-0.1, -0.05) is 31.0 Å². The van der Waals surface area contributed by atoms with E-state index in [1.54, 1.807) is 12.1 Å². The van der Waals surface area contributed by atoms with Gasteiger partial charge in [0.15, 0.2) is 11.0 Å². The second kappa shape index (κ2) is 8.31. The minimum absolute atomic E-state index is 0.0130. The predicted molar refractivity (Wildman–Crippen MR) is 121 cm³/mol. The number of rotatable bonds is 5. The molecule has 1 atom stereocenters. The van der Waals surface area contributed by atoms with Gasteiger partial charge in [-0.15, -0.1) is 0 Å². The Morgan fingerprint density at radius 1 is 1.06 bits per heavy atom. The first kappa shape index (κ1) is 20.6. The van der Waals surface area contributed by atoms with Gasteiger partial charge in [-0.3, -0.25) is 4.72 Å². The summed E-state index contributed by atoms with van der Waals surface area (Å²) in [7, 11) is -1.94. The number of hydrogen-bond acceptors (Lipinski definition) is 4. The van der Waals surface area contributed by atoms with Crippen LogP contribution in [0.15, 0.2) is 59.9 Å². The van der Waals surface area contributed by atoms with Gasteiger partial charge < -0.3 is 10.3 Å². The van der Waals surface area contributed by atoms with Crippen molar-refractivity contribution in [1.29, 1.82) is 0 Å². The summed E-state index contributed by atoms with van der Waals surface area (Å²) in [4.78, 5) is 8.53. The highest BCUT2D eigenvalue weighted by Crippen LogP contribution is 2.39. The van der Waals surface area contributed by atoms with Crippen molar-refractivity contribution < 1.29 is 13.0 Å². The monoisotopic (exact) mass is 453 g/mol. The third kappa shape index (κ3) is 3.62. The molecular formula is C23H21F2N5OS. The molecule has 1 aliphatic rings. The fourth-order valence-corrected chi connectivity index (χ4v) is 5.23. The van der Waals surface area contributed by atoms with Gasteiger partial charge in [-0.05, 0) is 42.7 Å². The van der Waals surface area contributed by atoms with Crippen LogP contribution in [0.3, 0.4) is 0 Å². The molecule has 1 fully saturated rings. The highest BCUT2D eigenvalue weighted by molar-refractivity contribution is 7.86. The Morgan fingerprint density at radius 2 is 1.84 bits per heavy atom. The van der Waals surface area contributed by atoms with E-state index in [1.807, 2.05) is 6.20 Å². The second-order valence-corrected chi connectivity index (χ2v) is 9.02. The van der Waals surface area contributed by atoms with Crippen molar-refractivity contribution in [2.24, 2.45) is 0 Å². The summed E-state index contributed by atoms with van der Waals surface area (Å²) in [6.07, 6.45) is 7.85. The highest BCUT2D eigenvalue weighted by atomic mass is 32.2. The first-order valence-corrected chi connectivity index (χ1v) is 11.5. The van der Waals surface area contributed by atoms with Crippen LogP contribution in [-0.2, 0) is 11.0 Å². The second-order valence-electron chi connectivity index (χ2n) is 7.84. The SMILES string of the molecule is Nc1ncnc2c1c(-c1ccc(NS(=O)c3ccccc3F)c(F)c1)cn2C1CCCC1. The first-order valence-electron chi connectivity index (χ1n) is 10.4. The molecule has 0 radical (unpaired) electrons. The van der Waals surface area contributed by atoms with Crippen LogP contribution in [0.25, 0.3) is 22.2 Å². The van der Waals surface area contributed by atoms with Crippen LogP contribution < -0.4 is 10.5 Å². The number of nitrogens with two attached hydrogens (primary N) is 1. The number of halogens is 2. The zero-order chi connectivity index (χ0) is 22.2. The summed E-state index contributed by atoms with van der Waals surface area (Å²) in [6.45, 7) is 0. The van der Waals surface area contributed by atoms with Crippen molar-refractivity contribution in [2.75, 3.05) is 10.5 Å². The van der Waals surface area contributed by atoms with Crippen LogP contribution in [0.2, 0.25) is 0 Å². The van der Waals surface area contributed by atoms with E-state index in [9.17, 15) is 13.0 Å². The topological polar surface area (TPSA) is 85.8 Å². The number of fused-ring (bicyclic) bond motifs is 1. The maximum absolute atomic E-state index is 15.0. The molecule has 164 valence electrons. The molecule has 0 aliphatic heterocycles. The van der Waals surface area contributed by atoms with Gasteiger partial charge in [-0.25, -0.2) is 23.0 Å². The van der Waals surface area contributed by atoms with E-state index < -0.39 is 22.6 Å². The summed E-state index contributed by atoms with van der Waals surface area (Å²) in [5, 5.41) is 0.689. The van der Waals surface area contributed by atoms with Crippen molar-refractivity contribution in [3.63, 3.8) is 0 Å². The molecule has 9 heteroatoms. The molecule has 6 nitrogen and oxygen atoms in total. The van der Waals surface area contributed by atoms with E-state index in [1.165, 1.54) is 36.7 Å². The Bertz CT molecular complexity index is 1330. The van der Waals surface area contributed by atoms with E-state index in [0.29, 0.717) is 22.8 Å². The summed E-state index contributed by atoms with van der Waals surface area (Å²) >= 11 is 0. The van der Waals surface area contributed by atoms with Gasteiger partial charge >= 0.3 is 0 Å². The molecule has 2 aromatic carbocycles. The molecule has 0 saturated heterocycles. The van der Waals surface area contributed by atoms with Gasteiger partial charge in [0.2, 0.25) is 0 Å². The lowest BCUT2D eigenvalue weighted by Crippen LogP contribution is -2.08. The maximum Gasteiger partial charge on any atom is 0.153 e. The van der Waals surface area contributed by atoms with E-state index >= 15 is 0 Å². The van der Waals surface area contributed by atoms with Gasteiger partial charge in [0.1, 0.15) is 29.4 Å². The van der Waals surface area contributed by atoms with Crippen molar-refractivity contribution >= 4 is 33.5 Å². The lowest BCUT2D eigenvalue weighted by molar-refractivity contribution is 0.532. The number of nitrogen functional groups attached to an aromatic ring is 1. The molecule has 1 saturated carbocycles. The fraction of sp³-hybridized carbons (Fsp3) is 0.217. The molecule has 3 N–H and O–H groups in total. The smallest absolute Gasteiger partial charge is 0.153 e. The van der Waals surface area contributed by atoms with Gasteiger partial charge in [-0.2, -0.15) is 0 Å². The zero-order valence-corrected chi connectivity index (χ0v) is 17.9. The van der Waals surface area contributed by atoms with E-state index in [2.05, 4.69) is 19.3 Å². The average Bonchev–Trinajstić information content (AvgIpc) is 3.44. The Labute approximate surface area is 186 Å². The Hall–Kier alpha value is -3.33. The van der Waals surface area contributed by atoms with Crippen LogP contribution in [0.4, 0.5) is 20.3 Å². The molecular weight excluding hydrogens is 432 g/mol. The van der Waals surface area contributed by atoms with Crippen molar-refractivity contribution in [3.05, 3.63) is 66.6 Å². The number of anilines is 2. The van der Waals surface area contributed by atoms with Crippen LogP contribution in [0.1, 0.15) is 31.7 Å². The van der Waals surface area contributed by atoms with Gasteiger partial charge in [0.25, 0.3) is 0 Å². The zero-order valence-electron chi connectivity index (χ0n) is 17.1. The number of benzene rings is 2. The molecule has 4 aromatic rings. The molecule has 2 aromatic heterocycles. The fourth-order valence-electron chi connectivity index (χ4n) is 4.30. The van der Waals surface area contributed by atoms with E-state index in [0.717, 1.165) is 36.9 Å². The molecule has 0 amide bonds. The number of aromatic nitrogens is 3. The van der Waals surface area contributed by atoms with E-state index in [4.69, 9.17) is 5.73 Å². The molecule has 0 spiro atoms. The Kier molecular flexibility index (Phi) is 5.34. The number of nitrogens with zero attached hydrogens (tertiary/aromatic N) is 3. The predicted octanol–water partition coefficient (Wildman–Crippen LogP) is 5.21. The molecule has 5 rings (SSSR count). The molecule has 1 aliphatic carbocycles. The van der Waals surface area contributed by atoms with Crippen LogP contribution >= 0.6 is 0 Å². The molecule has 32 heavy (non-hydrogen) atoms. The van der Waals surface area contributed by atoms with Crippen molar-refractivity contribution in [3.8, 4) is 11.1 Å². The minimum Gasteiger partial charge on any atom is -0.383 e. The van der Waals surface area contributed by atoms with Gasteiger partial charge in [0, 0.05) is 17.8 Å². The maximum atomic E-state index is 15.0. The standard InChI is InChI=1S/C23H21F2N5OS/c24-17-7-3-4-8-20(17)32(31)29-19-10-9-14(11-18(19)25)16-12-30(15-5-1-2-6-15)23-21(16)22(26)27-13-28-23/h3-4,7-13,15,29H,1-2,5-6H2,(H2,26,27,28). The summed E-state index contributed by atoms with van der Waals surface area (Å²) in [6, 6.07) is 10.6. The summed E-state index contributed by atoms with van der Waals surface area (Å²) < 4.78 is 46.0. The number of hydrogen-bond donors (Lipinski definition) is 2. The quantitative estimate of drug-likeness (QED) is 0.434. The average molecular weight is 454 g/mol. The minimum atomic E-state index is -1.94. The molecule has 1 unspecified atom stereocenters. The first-order chi connectivity index (χ1) is 15.5. The Morgan fingerprint density at radius 3 is 2.59 bits per heavy atom. The lowest BCUT2D eigenvalue weighted by Gasteiger charge is -2.12. The van der Waals surface area contributed by atoms with E-state index in [-0.39, 0.29) is 10.6 Å². The van der Waals surface area contributed by atoms with Crippen molar-refractivity contribution in [2.45, 2.75) is 36.6 Å². The van der Waals surface area contributed by atoms with Crippen molar-refractivity contribution in [1.82, 2.24) is 14.5 Å². The van der Waals surface area contributed by atoms with Crippen LogP contribution in [-0.4, -0.2) is 18.7 Å². The summed E-state index contributed by atoms with van der Waals surface area (Å²) in [5.41, 5.74) is 8.27. The molecule has 2 heterocycles. The summed E-state index contributed by atoms with van der Waals surface area (Å²) in [5.74, 6) is -0.889. The third-order valence-corrected chi connectivity index (χ3v) is 7.01. The highest BCUT2D eigenvalue weighted by Gasteiger charge is 2.23. The van der Waals surface area contributed by atoms with Gasteiger partial charge in [0.05, 0.1) is 16.0 Å². The molecule has 0 bridgehead atoms. The Balaban J connectivity index is 1.52.